The molecule has 2 aromatic heterocycles. The third-order valence-electron chi connectivity index (χ3n) is 4.60. The Labute approximate surface area is 144 Å². The zero-order valence-corrected chi connectivity index (χ0v) is 14.1. The van der Waals surface area contributed by atoms with Crippen LogP contribution in [0.4, 0.5) is 8.78 Å². The Bertz CT molecular complexity index is 1200. The molecule has 0 spiro atoms. The predicted octanol–water partition coefficient (Wildman–Crippen LogP) is 1.97. The SMILES string of the molecule is CCOC(=O)c1cn(C2CC2)c2c(F)c(F)c3c(=O)[nH]n(C)c3c2c1=O. The van der Waals surface area contributed by atoms with Gasteiger partial charge in [0, 0.05) is 19.3 Å². The number of halogens is 2. The lowest BCUT2D eigenvalue weighted by molar-refractivity contribution is 0.0524. The van der Waals surface area contributed by atoms with Crippen molar-refractivity contribution in [3.63, 3.8) is 0 Å². The van der Waals surface area contributed by atoms with Gasteiger partial charge in [-0.15, -0.1) is 0 Å². The van der Waals surface area contributed by atoms with E-state index in [0.29, 0.717) is 12.8 Å². The quantitative estimate of drug-likeness (QED) is 0.721. The van der Waals surface area contributed by atoms with Crippen LogP contribution in [0.15, 0.2) is 15.8 Å². The average molecular weight is 363 g/mol. The molecule has 1 aromatic carbocycles. The summed E-state index contributed by atoms with van der Waals surface area (Å²) in [7, 11) is 1.42. The topological polar surface area (TPSA) is 86.1 Å². The Hall–Kier alpha value is -2.97. The highest BCUT2D eigenvalue weighted by atomic mass is 19.2. The van der Waals surface area contributed by atoms with E-state index in [2.05, 4.69) is 5.10 Å². The molecule has 0 unspecified atom stereocenters. The predicted molar refractivity (Wildman–Crippen MR) is 89.4 cm³/mol. The fourth-order valence-corrected chi connectivity index (χ4v) is 3.32. The van der Waals surface area contributed by atoms with Crippen LogP contribution in [-0.2, 0) is 11.8 Å². The average Bonchev–Trinajstić information content (AvgIpc) is 3.38. The van der Waals surface area contributed by atoms with Crippen LogP contribution in [0, 0.1) is 11.6 Å². The smallest absolute Gasteiger partial charge is 0.343 e. The number of carbonyl (C=O) groups is 1. The minimum absolute atomic E-state index is 0.0650. The number of fused-ring (bicyclic) bond motifs is 3. The van der Waals surface area contributed by atoms with E-state index in [4.69, 9.17) is 4.74 Å². The van der Waals surface area contributed by atoms with Crippen LogP contribution < -0.4 is 11.0 Å². The minimum atomic E-state index is -1.31. The number of esters is 1. The van der Waals surface area contributed by atoms with Gasteiger partial charge in [-0.1, -0.05) is 0 Å². The standard InChI is InChI=1S/C17H15F2N3O4/c1-3-26-17(25)8-6-22(7-4-5-7)14-10(15(8)23)13-9(11(18)12(14)19)16(24)20-21(13)2/h6-7H,3-5H2,1-2H3,(H,20,24). The van der Waals surface area contributed by atoms with Gasteiger partial charge in [0.2, 0.25) is 5.43 Å². The number of hydrogen-bond donors (Lipinski definition) is 1. The van der Waals surface area contributed by atoms with Crippen molar-refractivity contribution in [2.75, 3.05) is 6.61 Å². The van der Waals surface area contributed by atoms with Gasteiger partial charge < -0.3 is 9.30 Å². The number of benzene rings is 1. The second-order valence-electron chi connectivity index (χ2n) is 6.31. The summed E-state index contributed by atoms with van der Waals surface area (Å²) in [5, 5.41) is 1.58. The molecule has 1 aliphatic rings. The zero-order valence-electron chi connectivity index (χ0n) is 14.1. The number of aryl methyl sites for hydroxylation is 1. The number of nitrogens with one attached hydrogen (secondary N) is 1. The largest absolute Gasteiger partial charge is 0.462 e. The van der Waals surface area contributed by atoms with Crippen LogP contribution in [-0.4, -0.2) is 26.9 Å². The molecule has 26 heavy (non-hydrogen) atoms. The zero-order chi connectivity index (χ0) is 18.7. The highest BCUT2D eigenvalue weighted by Gasteiger charge is 2.32. The Morgan fingerprint density at radius 2 is 1.92 bits per heavy atom. The van der Waals surface area contributed by atoms with E-state index >= 15 is 0 Å². The van der Waals surface area contributed by atoms with Crippen LogP contribution in [0.3, 0.4) is 0 Å². The van der Waals surface area contributed by atoms with E-state index in [9.17, 15) is 23.2 Å². The molecule has 0 amide bonds. The third-order valence-corrected chi connectivity index (χ3v) is 4.60. The number of hydrogen-bond acceptors (Lipinski definition) is 4. The molecule has 1 fully saturated rings. The highest BCUT2D eigenvalue weighted by molar-refractivity contribution is 6.07. The number of nitrogens with zero attached hydrogens (tertiary/aromatic N) is 2. The number of aromatic amines is 1. The first kappa shape index (κ1) is 16.5. The lowest BCUT2D eigenvalue weighted by Crippen LogP contribution is -2.22. The fraction of sp³-hybridized carbons (Fsp3) is 0.353. The van der Waals surface area contributed by atoms with Crippen molar-refractivity contribution in [1.82, 2.24) is 14.3 Å². The van der Waals surface area contributed by atoms with Crippen LogP contribution in [0.2, 0.25) is 0 Å². The molecule has 1 N–H and O–H groups in total. The third kappa shape index (κ3) is 2.12. The molecular weight excluding hydrogens is 348 g/mol. The molecule has 7 nitrogen and oxygen atoms in total. The monoisotopic (exact) mass is 363 g/mol. The van der Waals surface area contributed by atoms with Crippen LogP contribution in [0.25, 0.3) is 21.8 Å². The maximum absolute atomic E-state index is 14.8. The van der Waals surface area contributed by atoms with Crippen molar-refractivity contribution < 1.29 is 18.3 Å². The van der Waals surface area contributed by atoms with Crippen molar-refractivity contribution in [3.8, 4) is 0 Å². The second-order valence-corrected chi connectivity index (χ2v) is 6.31. The summed E-state index contributed by atoms with van der Waals surface area (Å²) in [5.74, 6) is -3.43. The van der Waals surface area contributed by atoms with Gasteiger partial charge in [0.1, 0.15) is 10.9 Å². The summed E-state index contributed by atoms with van der Waals surface area (Å²) in [6.07, 6.45) is 2.65. The lowest BCUT2D eigenvalue weighted by atomic mass is 10.1. The normalized spacial score (nSPS) is 14.3. The molecule has 136 valence electrons. The van der Waals surface area contributed by atoms with Crippen molar-refractivity contribution in [1.29, 1.82) is 0 Å². The van der Waals surface area contributed by atoms with Crippen molar-refractivity contribution in [2.45, 2.75) is 25.8 Å². The maximum atomic E-state index is 14.8. The van der Waals surface area contributed by atoms with E-state index < -0.39 is 34.0 Å². The molecule has 0 bridgehead atoms. The molecule has 9 heteroatoms. The first-order valence-corrected chi connectivity index (χ1v) is 8.18. The van der Waals surface area contributed by atoms with Crippen LogP contribution >= 0.6 is 0 Å². The van der Waals surface area contributed by atoms with Crippen molar-refractivity contribution >= 4 is 27.8 Å². The van der Waals surface area contributed by atoms with Gasteiger partial charge in [0.25, 0.3) is 5.56 Å². The van der Waals surface area contributed by atoms with Gasteiger partial charge in [-0.2, -0.15) is 0 Å². The summed E-state index contributed by atoms with van der Waals surface area (Å²) in [4.78, 5) is 37.1. The van der Waals surface area contributed by atoms with Gasteiger partial charge in [-0.05, 0) is 19.8 Å². The summed E-state index contributed by atoms with van der Waals surface area (Å²) in [6, 6.07) is -0.145. The Morgan fingerprint density at radius 1 is 1.23 bits per heavy atom. The maximum Gasteiger partial charge on any atom is 0.343 e. The lowest BCUT2D eigenvalue weighted by Gasteiger charge is -2.14. The second kappa shape index (κ2) is 5.52. The first-order chi connectivity index (χ1) is 12.4. The van der Waals surface area contributed by atoms with Crippen LogP contribution in [0.1, 0.15) is 36.2 Å². The summed E-state index contributed by atoms with van der Waals surface area (Å²) >= 11 is 0. The fourth-order valence-electron chi connectivity index (χ4n) is 3.32. The molecule has 2 heterocycles. The Balaban J connectivity index is 2.28. The number of aromatic nitrogens is 3. The van der Waals surface area contributed by atoms with E-state index in [1.807, 2.05) is 0 Å². The number of pyridine rings is 1. The van der Waals surface area contributed by atoms with E-state index in [-0.39, 0.29) is 34.6 Å². The van der Waals surface area contributed by atoms with E-state index in [1.165, 1.54) is 17.8 Å². The molecule has 1 saturated carbocycles. The molecule has 0 atom stereocenters. The molecule has 4 rings (SSSR count). The van der Waals surface area contributed by atoms with E-state index in [1.54, 1.807) is 6.92 Å². The Morgan fingerprint density at radius 3 is 2.54 bits per heavy atom. The number of carbonyl (C=O) groups excluding carboxylic acids is 1. The number of rotatable bonds is 3. The van der Waals surface area contributed by atoms with Crippen molar-refractivity contribution in [2.24, 2.45) is 7.05 Å². The minimum Gasteiger partial charge on any atom is -0.462 e. The summed E-state index contributed by atoms with van der Waals surface area (Å²) in [6.45, 7) is 1.66. The number of ether oxygens (including phenoxy) is 1. The number of H-pyrrole nitrogens is 1. The van der Waals surface area contributed by atoms with Gasteiger partial charge in [-0.25, -0.2) is 13.6 Å². The summed E-state index contributed by atoms with van der Waals surface area (Å²) in [5.41, 5.74) is -2.24. The van der Waals surface area contributed by atoms with Crippen LogP contribution in [0.5, 0.6) is 0 Å². The summed E-state index contributed by atoms with van der Waals surface area (Å²) < 4.78 is 36.9. The first-order valence-electron chi connectivity index (χ1n) is 8.18. The van der Waals surface area contributed by atoms with Gasteiger partial charge in [0.15, 0.2) is 11.6 Å². The molecule has 0 aliphatic heterocycles. The molecule has 0 radical (unpaired) electrons. The van der Waals surface area contributed by atoms with Gasteiger partial charge >= 0.3 is 5.97 Å². The highest BCUT2D eigenvalue weighted by Crippen LogP contribution is 2.39. The molecule has 1 aliphatic carbocycles. The van der Waals surface area contributed by atoms with Crippen molar-refractivity contribution in [3.05, 3.63) is 44.0 Å². The molecule has 3 aromatic rings. The molecular formula is C17H15F2N3O4. The van der Waals surface area contributed by atoms with Gasteiger partial charge in [-0.3, -0.25) is 19.4 Å². The van der Waals surface area contributed by atoms with Gasteiger partial charge in [0.05, 0.1) is 23.0 Å². The van der Waals surface area contributed by atoms with E-state index in [0.717, 1.165) is 4.68 Å². The molecule has 0 saturated heterocycles. The Kier molecular flexibility index (Phi) is 3.50.